The van der Waals surface area contributed by atoms with Crippen LogP contribution in [-0.4, -0.2) is 71.1 Å². The van der Waals surface area contributed by atoms with E-state index in [2.05, 4.69) is 15.6 Å². The summed E-state index contributed by atoms with van der Waals surface area (Å²) in [7, 11) is 1.54. The van der Waals surface area contributed by atoms with E-state index in [0.717, 1.165) is 5.56 Å². The molecule has 9 heteroatoms. The normalized spacial score (nSPS) is 24.1. The molecule has 2 fully saturated rings. The van der Waals surface area contributed by atoms with Crippen LogP contribution in [0.25, 0.3) is 0 Å². The van der Waals surface area contributed by atoms with Gasteiger partial charge in [0.2, 0.25) is 0 Å². The second-order valence-corrected chi connectivity index (χ2v) is 5.90. The van der Waals surface area contributed by atoms with Gasteiger partial charge >= 0.3 is 12.0 Å². The summed E-state index contributed by atoms with van der Waals surface area (Å²) in [6, 6.07) is 8.42. The molecular weight excluding hydrogens is 326 g/mol. The van der Waals surface area contributed by atoms with Crippen molar-refractivity contribution in [3.8, 4) is 0 Å². The summed E-state index contributed by atoms with van der Waals surface area (Å²) in [4.78, 5) is 42.3. The predicted octanol–water partition coefficient (Wildman–Crippen LogP) is -0.549. The zero-order chi connectivity index (χ0) is 18.0. The first-order valence-corrected chi connectivity index (χ1v) is 7.88. The number of urea groups is 1. The zero-order valence-electron chi connectivity index (χ0n) is 13.7. The SMILES string of the molecule is CN1C(=O)NC(=O)C2C1NC(=NCCc1ccccc1)N2CC(=O)O. The highest BCUT2D eigenvalue weighted by atomic mass is 16.4. The number of benzene rings is 1. The number of nitrogens with zero attached hydrogens (tertiary/aromatic N) is 3. The van der Waals surface area contributed by atoms with E-state index in [1.807, 2.05) is 30.3 Å². The van der Waals surface area contributed by atoms with E-state index in [1.165, 1.54) is 16.8 Å². The highest BCUT2D eigenvalue weighted by Crippen LogP contribution is 2.20. The lowest BCUT2D eigenvalue weighted by atomic mass is 10.1. The third-order valence-electron chi connectivity index (χ3n) is 4.23. The molecular formula is C16H19N5O4. The molecule has 0 aliphatic carbocycles. The van der Waals surface area contributed by atoms with E-state index < -0.39 is 30.1 Å². The molecule has 3 N–H and O–H groups in total. The van der Waals surface area contributed by atoms with Gasteiger partial charge in [-0.05, 0) is 12.0 Å². The lowest BCUT2D eigenvalue weighted by Crippen LogP contribution is -2.65. The minimum absolute atomic E-state index is 0.310. The lowest BCUT2D eigenvalue weighted by Gasteiger charge is -2.34. The number of carboxylic acid groups (broad SMARTS) is 1. The largest absolute Gasteiger partial charge is 0.480 e. The van der Waals surface area contributed by atoms with Gasteiger partial charge in [0.25, 0.3) is 5.91 Å². The molecule has 0 radical (unpaired) electrons. The summed E-state index contributed by atoms with van der Waals surface area (Å²) in [6.07, 6.45) is 0.0412. The number of carbonyl (C=O) groups excluding carboxylic acids is 2. The molecule has 2 atom stereocenters. The molecule has 2 aliphatic rings. The summed E-state index contributed by atoms with van der Waals surface area (Å²) in [6.45, 7) is 0.0506. The fourth-order valence-corrected chi connectivity index (χ4v) is 2.97. The zero-order valence-corrected chi connectivity index (χ0v) is 13.7. The van der Waals surface area contributed by atoms with Gasteiger partial charge in [0.15, 0.2) is 12.0 Å². The van der Waals surface area contributed by atoms with Crippen molar-refractivity contribution in [1.82, 2.24) is 20.4 Å². The lowest BCUT2D eigenvalue weighted by molar-refractivity contribution is -0.138. The van der Waals surface area contributed by atoms with Gasteiger partial charge in [-0.25, -0.2) is 4.79 Å². The van der Waals surface area contributed by atoms with Crippen LogP contribution in [0, 0.1) is 0 Å². The Bertz CT molecular complexity index is 720. The molecule has 9 nitrogen and oxygen atoms in total. The number of rotatable bonds is 5. The van der Waals surface area contributed by atoms with E-state index in [1.54, 1.807) is 0 Å². The van der Waals surface area contributed by atoms with Crippen molar-refractivity contribution in [1.29, 1.82) is 0 Å². The third kappa shape index (κ3) is 3.39. The summed E-state index contributed by atoms with van der Waals surface area (Å²) in [5.74, 6) is -1.30. The Morgan fingerprint density at radius 3 is 2.68 bits per heavy atom. The van der Waals surface area contributed by atoms with Crippen LogP contribution in [0.1, 0.15) is 5.56 Å². The second kappa shape index (κ2) is 6.80. The third-order valence-corrected chi connectivity index (χ3v) is 4.23. The molecule has 2 aliphatic heterocycles. The molecule has 0 spiro atoms. The first-order valence-electron chi connectivity index (χ1n) is 7.88. The smallest absolute Gasteiger partial charge is 0.325 e. The van der Waals surface area contributed by atoms with Crippen LogP contribution in [0.3, 0.4) is 0 Å². The van der Waals surface area contributed by atoms with Crippen LogP contribution in [0.5, 0.6) is 0 Å². The maximum Gasteiger partial charge on any atom is 0.325 e. The molecule has 2 saturated heterocycles. The number of likely N-dealkylation sites (N-methyl/N-ethyl adjacent to an activating group) is 1. The van der Waals surface area contributed by atoms with Gasteiger partial charge in [-0.1, -0.05) is 30.3 Å². The van der Waals surface area contributed by atoms with Crippen molar-refractivity contribution in [2.24, 2.45) is 4.99 Å². The molecule has 2 unspecified atom stereocenters. The first-order chi connectivity index (χ1) is 12.0. The van der Waals surface area contributed by atoms with Crippen molar-refractivity contribution < 1.29 is 19.5 Å². The molecule has 3 rings (SSSR count). The number of hydrogen-bond acceptors (Lipinski definition) is 4. The van der Waals surface area contributed by atoms with Crippen LogP contribution >= 0.6 is 0 Å². The Hall–Kier alpha value is -3.10. The Morgan fingerprint density at radius 2 is 2.00 bits per heavy atom. The number of amides is 3. The van der Waals surface area contributed by atoms with Gasteiger partial charge in [-0.3, -0.25) is 19.9 Å². The van der Waals surface area contributed by atoms with Crippen LogP contribution in [-0.2, 0) is 16.0 Å². The molecule has 3 amide bonds. The van der Waals surface area contributed by atoms with E-state index >= 15 is 0 Å². The summed E-state index contributed by atoms with van der Waals surface area (Å²) in [5, 5.41) is 14.4. The van der Waals surface area contributed by atoms with Crippen molar-refractivity contribution in [3.05, 3.63) is 35.9 Å². The second-order valence-electron chi connectivity index (χ2n) is 5.90. The number of aliphatic imine (C=N–C) groups is 1. The van der Waals surface area contributed by atoms with Gasteiger partial charge in [-0.2, -0.15) is 0 Å². The summed E-state index contributed by atoms with van der Waals surface area (Å²) in [5.41, 5.74) is 1.11. The predicted molar refractivity (Wildman–Crippen MR) is 88.8 cm³/mol. The highest BCUT2D eigenvalue weighted by molar-refractivity contribution is 6.04. The minimum atomic E-state index is -1.08. The average Bonchev–Trinajstić information content (AvgIpc) is 2.92. The van der Waals surface area contributed by atoms with Crippen LogP contribution in [0.2, 0.25) is 0 Å². The van der Waals surface area contributed by atoms with Gasteiger partial charge in [0.1, 0.15) is 12.7 Å². The highest BCUT2D eigenvalue weighted by Gasteiger charge is 2.50. The number of guanidine groups is 1. The molecule has 1 aromatic carbocycles. The quantitative estimate of drug-likeness (QED) is 0.660. The van der Waals surface area contributed by atoms with Crippen LogP contribution in [0.15, 0.2) is 35.3 Å². The van der Waals surface area contributed by atoms with Gasteiger partial charge < -0.3 is 20.2 Å². The van der Waals surface area contributed by atoms with Gasteiger partial charge in [-0.15, -0.1) is 0 Å². The standard InChI is InChI=1S/C16H19N5O4/c1-20-13-12(14(24)19-16(20)25)21(9-11(22)23)15(18-13)17-8-7-10-5-3-2-4-6-10/h2-6,12-13H,7-9H2,1H3,(H,17,18)(H,22,23)(H,19,24,25). The first kappa shape index (κ1) is 16.7. The summed E-state index contributed by atoms with van der Waals surface area (Å²) < 4.78 is 0. The molecule has 0 aromatic heterocycles. The Kier molecular flexibility index (Phi) is 4.55. The fourth-order valence-electron chi connectivity index (χ4n) is 2.97. The summed E-state index contributed by atoms with van der Waals surface area (Å²) >= 11 is 0. The van der Waals surface area contributed by atoms with Gasteiger partial charge in [0.05, 0.1) is 0 Å². The van der Waals surface area contributed by atoms with Crippen molar-refractivity contribution in [2.45, 2.75) is 18.6 Å². The molecule has 1 aromatic rings. The van der Waals surface area contributed by atoms with Crippen molar-refractivity contribution in [2.75, 3.05) is 20.1 Å². The van der Waals surface area contributed by atoms with Gasteiger partial charge in [0, 0.05) is 13.6 Å². The number of nitrogens with one attached hydrogen (secondary N) is 2. The number of carboxylic acids is 1. The van der Waals surface area contributed by atoms with E-state index in [9.17, 15) is 14.4 Å². The van der Waals surface area contributed by atoms with E-state index in [0.29, 0.717) is 18.9 Å². The van der Waals surface area contributed by atoms with Crippen molar-refractivity contribution >= 4 is 23.9 Å². The number of hydrogen-bond donors (Lipinski definition) is 3. The molecule has 0 bridgehead atoms. The molecule has 132 valence electrons. The molecule has 25 heavy (non-hydrogen) atoms. The maximum atomic E-state index is 12.2. The topological polar surface area (TPSA) is 114 Å². The molecule has 2 heterocycles. The Labute approximate surface area is 144 Å². The maximum absolute atomic E-state index is 12.2. The fraction of sp³-hybridized carbons (Fsp3) is 0.375. The average molecular weight is 345 g/mol. The van der Waals surface area contributed by atoms with Crippen molar-refractivity contribution in [3.63, 3.8) is 0 Å². The number of aliphatic carboxylic acids is 1. The van der Waals surface area contributed by atoms with Crippen LogP contribution in [0.4, 0.5) is 4.79 Å². The number of fused-ring (bicyclic) bond motifs is 1. The molecule has 0 saturated carbocycles. The minimum Gasteiger partial charge on any atom is -0.480 e. The number of imide groups is 1. The Balaban J connectivity index is 1.79. The Morgan fingerprint density at radius 1 is 1.28 bits per heavy atom. The number of carbonyl (C=O) groups is 3. The van der Waals surface area contributed by atoms with E-state index in [-0.39, 0.29) is 6.54 Å². The van der Waals surface area contributed by atoms with E-state index in [4.69, 9.17) is 5.11 Å². The monoisotopic (exact) mass is 345 g/mol. The van der Waals surface area contributed by atoms with Crippen LogP contribution < -0.4 is 10.6 Å².